The van der Waals surface area contributed by atoms with Gasteiger partial charge in [-0.2, -0.15) is 5.10 Å². The van der Waals surface area contributed by atoms with Gasteiger partial charge < -0.3 is 19.7 Å². The highest BCUT2D eigenvalue weighted by atomic mass is 32.2. The number of rotatable bonds is 8. The second-order valence-corrected chi connectivity index (χ2v) is 12.2. The highest BCUT2D eigenvalue weighted by molar-refractivity contribution is 7.90. The van der Waals surface area contributed by atoms with Gasteiger partial charge in [-0.15, -0.1) is 0 Å². The fourth-order valence-electron chi connectivity index (χ4n) is 5.25. The molecule has 224 valence electrons. The lowest BCUT2D eigenvalue weighted by atomic mass is 10.0. The van der Waals surface area contributed by atoms with Crippen molar-refractivity contribution in [2.24, 2.45) is 0 Å². The van der Waals surface area contributed by atoms with Crippen molar-refractivity contribution in [3.8, 4) is 22.8 Å². The van der Waals surface area contributed by atoms with Crippen molar-refractivity contribution in [3.05, 3.63) is 95.8 Å². The molecule has 1 aliphatic rings. The zero-order valence-electron chi connectivity index (χ0n) is 23.2. The van der Waals surface area contributed by atoms with Crippen molar-refractivity contribution in [3.63, 3.8) is 0 Å². The van der Waals surface area contributed by atoms with Crippen LogP contribution < -0.4 is 4.74 Å². The molecule has 6 rings (SSSR count). The Labute approximate surface area is 246 Å². The minimum atomic E-state index is -4.12. The van der Waals surface area contributed by atoms with Gasteiger partial charge in [-0.25, -0.2) is 25.9 Å². The number of aryl methyl sites for hydroxylation is 1. The van der Waals surface area contributed by atoms with E-state index < -0.39 is 40.1 Å². The smallest absolute Gasteiger partial charge is 0.268 e. The van der Waals surface area contributed by atoms with Gasteiger partial charge in [0.25, 0.3) is 10.0 Å². The highest BCUT2D eigenvalue weighted by Gasteiger charge is 2.27. The molecule has 1 fully saturated rings. The Balaban J connectivity index is 1.39. The molecule has 0 aliphatic carbocycles. The molecule has 0 spiro atoms. The number of benzene rings is 3. The van der Waals surface area contributed by atoms with E-state index in [0.717, 1.165) is 40.9 Å². The monoisotopic (exact) mass is 609 g/mol. The van der Waals surface area contributed by atoms with Crippen LogP contribution in [0.2, 0.25) is 0 Å². The zero-order valence-corrected chi connectivity index (χ0v) is 24.0. The van der Waals surface area contributed by atoms with Crippen LogP contribution in [0.3, 0.4) is 0 Å². The number of nitrogens with zero attached hydrogens (tertiary/aromatic N) is 3. The van der Waals surface area contributed by atoms with Crippen LogP contribution in [-0.2, 0) is 14.8 Å². The van der Waals surface area contributed by atoms with Gasteiger partial charge in [-0.3, -0.25) is 0 Å². The first-order chi connectivity index (χ1) is 20.7. The zero-order chi connectivity index (χ0) is 30.3. The van der Waals surface area contributed by atoms with Crippen LogP contribution >= 0.6 is 0 Å². The largest absolute Gasteiger partial charge is 0.454 e. The molecule has 9 nitrogen and oxygen atoms in total. The Kier molecular flexibility index (Phi) is 7.77. The average molecular weight is 610 g/mol. The lowest BCUT2D eigenvalue weighted by Gasteiger charge is -2.22. The summed E-state index contributed by atoms with van der Waals surface area (Å²) >= 11 is 0. The first-order valence-corrected chi connectivity index (χ1v) is 15.2. The Hall–Kier alpha value is -4.10. The van der Waals surface area contributed by atoms with E-state index in [1.54, 1.807) is 29.1 Å². The van der Waals surface area contributed by atoms with Crippen LogP contribution in [0.4, 0.5) is 8.78 Å². The van der Waals surface area contributed by atoms with E-state index in [-0.39, 0.29) is 38.9 Å². The van der Waals surface area contributed by atoms with Crippen LogP contribution in [0.25, 0.3) is 22.2 Å². The van der Waals surface area contributed by atoms with Gasteiger partial charge >= 0.3 is 0 Å². The highest BCUT2D eigenvalue weighted by Crippen LogP contribution is 2.40. The number of hydrogen-bond donors (Lipinski definition) is 2. The fraction of sp³-hybridized carbons (Fsp3) is 0.258. The van der Waals surface area contributed by atoms with Gasteiger partial charge in [-0.1, -0.05) is 17.7 Å². The molecule has 0 saturated carbocycles. The normalized spacial score (nSPS) is 16.4. The summed E-state index contributed by atoms with van der Waals surface area (Å²) in [4.78, 5) is -0.00285. The predicted octanol–water partition coefficient (Wildman–Crippen LogP) is 5.85. The average Bonchev–Trinajstić information content (AvgIpc) is 3.67. The Bertz CT molecular complexity index is 1900. The minimum Gasteiger partial charge on any atom is -0.454 e. The number of ether oxygens (including phenoxy) is 2. The third kappa shape index (κ3) is 5.42. The molecule has 0 bridgehead atoms. The van der Waals surface area contributed by atoms with Gasteiger partial charge in [0.15, 0.2) is 11.6 Å². The number of hydrogen-bond acceptors (Lipinski definition) is 7. The molecule has 2 unspecified atom stereocenters. The molecule has 2 N–H and O–H groups in total. The maximum atomic E-state index is 15.7. The van der Waals surface area contributed by atoms with E-state index in [1.807, 2.05) is 6.92 Å². The van der Waals surface area contributed by atoms with Crippen LogP contribution in [0.15, 0.2) is 78.0 Å². The SMILES string of the molecule is Cc1ccc(S(=O)(=O)n2ccc3c(C(O)CO)c(Oc4ccc(F)c(-c5ccn(C6CCCCO6)n5)c4)c(F)cc32)cc1. The van der Waals surface area contributed by atoms with Gasteiger partial charge in [0.05, 0.1) is 22.7 Å². The molecular weight excluding hydrogens is 580 g/mol. The maximum absolute atomic E-state index is 15.7. The summed E-state index contributed by atoms with van der Waals surface area (Å²) in [6.07, 6.45) is 3.86. The molecule has 43 heavy (non-hydrogen) atoms. The van der Waals surface area contributed by atoms with Crippen LogP contribution in [0, 0.1) is 18.6 Å². The molecule has 0 amide bonds. The van der Waals surface area contributed by atoms with E-state index in [9.17, 15) is 23.0 Å². The summed E-state index contributed by atoms with van der Waals surface area (Å²) in [6, 6.07) is 14.0. The van der Waals surface area contributed by atoms with E-state index in [1.165, 1.54) is 36.5 Å². The topological polar surface area (TPSA) is 116 Å². The van der Waals surface area contributed by atoms with Crippen molar-refractivity contribution >= 4 is 20.9 Å². The summed E-state index contributed by atoms with van der Waals surface area (Å²) in [5.74, 6) is -1.96. The lowest BCUT2D eigenvalue weighted by molar-refractivity contribution is -0.0393. The second-order valence-electron chi connectivity index (χ2n) is 10.4. The lowest BCUT2D eigenvalue weighted by Crippen LogP contribution is -2.18. The second kappa shape index (κ2) is 11.5. The Morgan fingerprint density at radius 1 is 1.05 bits per heavy atom. The van der Waals surface area contributed by atoms with E-state index in [4.69, 9.17) is 9.47 Å². The van der Waals surface area contributed by atoms with Gasteiger partial charge in [0.2, 0.25) is 0 Å². The molecule has 2 atom stereocenters. The van der Waals surface area contributed by atoms with Crippen molar-refractivity contribution in [1.82, 2.24) is 13.8 Å². The molecule has 2 aromatic heterocycles. The molecular formula is C31H29F2N3O6S. The first kappa shape index (κ1) is 29.0. The molecule has 3 heterocycles. The number of aliphatic hydroxyl groups excluding tert-OH is 2. The van der Waals surface area contributed by atoms with Crippen molar-refractivity contribution in [1.29, 1.82) is 0 Å². The number of aliphatic hydroxyl groups is 2. The van der Waals surface area contributed by atoms with Gasteiger partial charge in [0, 0.05) is 41.6 Å². The summed E-state index contributed by atoms with van der Waals surface area (Å²) in [6.45, 7) is 1.65. The summed E-state index contributed by atoms with van der Waals surface area (Å²) < 4.78 is 71.7. The standard InChI is InChI=1S/C31H29F2N3O6S/c1-19-5-8-21(9-6-19)43(39,40)36-14-11-22-27(36)17-25(33)31(30(22)28(38)18-37)42-20-7-10-24(32)23(16-20)26-12-13-35(34-26)29-4-2-3-15-41-29/h5-14,16-17,28-29,37-38H,2-4,15,18H2,1H3. The Morgan fingerprint density at radius 3 is 2.56 bits per heavy atom. The number of fused-ring (bicyclic) bond motifs is 1. The van der Waals surface area contributed by atoms with Crippen molar-refractivity contribution < 1.29 is 36.9 Å². The first-order valence-electron chi connectivity index (χ1n) is 13.8. The van der Waals surface area contributed by atoms with Crippen molar-refractivity contribution in [2.45, 2.75) is 43.4 Å². The molecule has 0 radical (unpaired) electrons. The quantitative estimate of drug-likeness (QED) is 0.227. The third-order valence-corrected chi connectivity index (χ3v) is 9.19. The predicted molar refractivity (Wildman–Crippen MR) is 154 cm³/mol. The summed E-state index contributed by atoms with van der Waals surface area (Å²) in [7, 11) is -4.12. The molecule has 1 saturated heterocycles. The van der Waals surface area contributed by atoms with Gasteiger partial charge in [-0.05, 0) is 68.7 Å². The molecule has 3 aromatic carbocycles. The van der Waals surface area contributed by atoms with Crippen molar-refractivity contribution in [2.75, 3.05) is 13.2 Å². The fourth-order valence-corrected chi connectivity index (χ4v) is 6.59. The van der Waals surface area contributed by atoms with Gasteiger partial charge in [0.1, 0.15) is 23.9 Å². The minimum absolute atomic E-state index is 0.00285. The maximum Gasteiger partial charge on any atom is 0.268 e. The summed E-state index contributed by atoms with van der Waals surface area (Å²) in [5.41, 5.74) is 1.09. The molecule has 1 aliphatic heterocycles. The third-order valence-electron chi connectivity index (χ3n) is 7.48. The van der Waals surface area contributed by atoms with Crippen LogP contribution in [-0.4, -0.2) is 45.6 Å². The van der Waals surface area contributed by atoms with E-state index >= 15 is 4.39 Å². The molecule has 5 aromatic rings. The molecule has 12 heteroatoms. The van der Waals surface area contributed by atoms with E-state index in [0.29, 0.717) is 12.3 Å². The number of halogens is 2. The number of aromatic nitrogens is 3. The van der Waals surface area contributed by atoms with E-state index in [2.05, 4.69) is 5.10 Å². The summed E-state index contributed by atoms with van der Waals surface area (Å²) in [5, 5.41) is 25.2. The van der Waals surface area contributed by atoms with Crippen LogP contribution in [0.1, 0.15) is 42.7 Å². The Morgan fingerprint density at radius 2 is 1.84 bits per heavy atom. The van der Waals surface area contributed by atoms with Crippen LogP contribution in [0.5, 0.6) is 11.5 Å².